The van der Waals surface area contributed by atoms with Crippen LogP contribution in [0, 0.1) is 5.92 Å². The van der Waals surface area contributed by atoms with Crippen LogP contribution in [0.5, 0.6) is 0 Å². The van der Waals surface area contributed by atoms with Crippen molar-refractivity contribution in [2.45, 2.75) is 76.3 Å². The molecule has 2 saturated carbocycles. The number of carbonyl (C=O) groups is 1. The summed E-state index contributed by atoms with van der Waals surface area (Å²) in [6.45, 7) is 0. The third kappa shape index (κ3) is 3.70. The lowest BCUT2D eigenvalue weighted by Crippen LogP contribution is -2.46. The number of hydrogen-bond donors (Lipinski definition) is 2. The van der Waals surface area contributed by atoms with Gasteiger partial charge in [0, 0.05) is 12.1 Å². The Bertz CT molecular complexity index is 247. The lowest BCUT2D eigenvalue weighted by Gasteiger charge is -2.29. The average Bonchev–Trinajstić information content (AvgIpc) is 2.58. The predicted molar refractivity (Wildman–Crippen MR) is 69.6 cm³/mol. The SMILES string of the molecule is NC1CCCCC1C(=O)NC1CCCCCC1. The van der Waals surface area contributed by atoms with Crippen LogP contribution in [0.3, 0.4) is 0 Å². The third-order valence-electron chi connectivity index (χ3n) is 4.36. The molecule has 0 aliphatic heterocycles. The van der Waals surface area contributed by atoms with Crippen molar-refractivity contribution in [3.63, 3.8) is 0 Å². The molecule has 0 aromatic rings. The first kappa shape index (κ1) is 12.9. The third-order valence-corrected chi connectivity index (χ3v) is 4.36. The van der Waals surface area contributed by atoms with Gasteiger partial charge >= 0.3 is 0 Å². The Kier molecular flexibility index (Phi) is 4.84. The maximum atomic E-state index is 12.2. The highest BCUT2D eigenvalue weighted by molar-refractivity contribution is 5.79. The van der Waals surface area contributed by atoms with Gasteiger partial charge in [-0.3, -0.25) is 4.79 Å². The van der Waals surface area contributed by atoms with Crippen LogP contribution in [0.2, 0.25) is 0 Å². The Balaban J connectivity index is 1.82. The van der Waals surface area contributed by atoms with E-state index < -0.39 is 0 Å². The molecule has 0 heterocycles. The average molecular weight is 238 g/mol. The normalized spacial score (nSPS) is 31.8. The second-order valence-electron chi connectivity index (χ2n) is 5.75. The molecule has 2 aliphatic rings. The van der Waals surface area contributed by atoms with Crippen molar-refractivity contribution >= 4 is 5.91 Å². The molecule has 0 saturated heterocycles. The standard InChI is InChI=1S/C14H26N2O/c15-13-10-6-5-9-12(13)14(17)16-11-7-3-1-2-4-8-11/h11-13H,1-10,15H2,(H,16,17). The van der Waals surface area contributed by atoms with E-state index in [0.717, 1.165) is 32.1 Å². The molecule has 2 rings (SSSR count). The van der Waals surface area contributed by atoms with Gasteiger partial charge in [0.05, 0.1) is 5.92 Å². The van der Waals surface area contributed by atoms with E-state index in [4.69, 9.17) is 5.73 Å². The quantitative estimate of drug-likeness (QED) is 0.726. The Morgan fingerprint density at radius 3 is 2.12 bits per heavy atom. The smallest absolute Gasteiger partial charge is 0.224 e. The van der Waals surface area contributed by atoms with Crippen LogP contribution >= 0.6 is 0 Å². The van der Waals surface area contributed by atoms with Gasteiger partial charge in [-0.15, -0.1) is 0 Å². The van der Waals surface area contributed by atoms with E-state index in [2.05, 4.69) is 5.32 Å². The summed E-state index contributed by atoms with van der Waals surface area (Å²) in [5.41, 5.74) is 6.06. The highest BCUT2D eigenvalue weighted by atomic mass is 16.2. The molecule has 0 spiro atoms. The molecule has 3 N–H and O–H groups in total. The van der Waals surface area contributed by atoms with Crippen molar-refractivity contribution in [1.82, 2.24) is 5.32 Å². The maximum Gasteiger partial charge on any atom is 0.224 e. The van der Waals surface area contributed by atoms with Gasteiger partial charge in [0.1, 0.15) is 0 Å². The van der Waals surface area contributed by atoms with Crippen LogP contribution in [-0.4, -0.2) is 18.0 Å². The fourth-order valence-electron chi connectivity index (χ4n) is 3.22. The lowest BCUT2D eigenvalue weighted by molar-refractivity contribution is -0.127. The van der Waals surface area contributed by atoms with E-state index in [-0.39, 0.29) is 17.9 Å². The Labute approximate surface area is 105 Å². The zero-order valence-corrected chi connectivity index (χ0v) is 10.8. The van der Waals surface area contributed by atoms with Gasteiger partial charge in [0.15, 0.2) is 0 Å². The molecule has 0 radical (unpaired) electrons. The molecule has 2 unspecified atom stereocenters. The fourth-order valence-corrected chi connectivity index (χ4v) is 3.22. The molecule has 2 aliphatic carbocycles. The largest absolute Gasteiger partial charge is 0.353 e. The maximum absolute atomic E-state index is 12.2. The van der Waals surface area contributed by atoms with E-state index in [0.29, 0.717) is 6.04 Å². The number of nitrogens with one attached hydrogen (secondary N) is 1. The van der Waals surface area contributed by atoms with Crippen molar-refractivity contribution in [2.24, 2.45) is 11.7 Å². The second-order valence-corrected chi connectivity index (χ2v) is 5.75. The van der Waals surface area contributed by atoms with Crippen molar-refractivity contribution < 1.29 is 4.79 Å². The van der Waals surface area contributed by atoms with Crippen molar-refractivity contribution in [1.29, 1.82) is 0 Å². The molecule has 2 fully saturated rings. The summed E-state index contributed by atoms with van der Waals surface area (Å²) >= 11 is 0. The minimum atomic E-state index is 0.0759. The minimum absolute atomic E-state index is 0.0759. The highest BCUT2D eigenvalue weighted by Crippen LogP contribution is 2.24. The molecule has 17 heavy (non-hydrogen) atoms. The molecule has 0 bridgehead atoms. The van der Waals surface area contributed by atoms with Crippen LogP contribution in [0.25, 0.3) is 0 Å². The molecule has 98 valence electrons. The van der Waals surface area contributed by atoms with Crippen LogP contribution in [0.1, 0.15) is 64.2 Å². The Morgan fingerprint density at radius 1 is 0.882 bits per heavy atom. The van der Waals surface area contributed by atoms with Gasteiger partial charge in [-0.1, -0.05) is 38.5 Å². The molecular weight excluding hydrogens is 212 g/mol. The topological polar surface area (TPSA) is 55.1 Å². The molecule has 2 atom stereocenters. The van der Waals surface area contributed by atoms with Crippen molar-refractivity contribution in [3.05, 3.63) is 0 Å². The molecule has 3 nitrogen and oxygen atoms in total. The Morgan fingerprint density at radius 2 is 1.47 bits per heavy atom. The number of hydrogen-bond acceptors (Lipinski definition) is 2. The summed E-state index contributed by atoms with van der Waals surface area (Å²) < 4.78 is 0. The number of carbonyl (C=O) groups excluding carboxylic acids is 1. The first-order valence-corrected chi connectivity index (χ1v) is 7.33. The zero-order chi connectivity index (χ0) is 12.1. The first-order valence-electron chi connectivity index (χ1n) is 7.33. The van der Waals surface area contributed by atoms with E-state index in [1.54, 1.807) is 0 Å². The minimum Gasteiger partial charge on any atom is -0.353 e. The van der Waals surface area contributed by atoms with E-state index in [1.807, 2.05) is 0 Å². The van der Waals surface area contributed by atoms with Gasteiger partial charge in [0.2, 0.25) is 5.91 Å². The predicted octanol–water partition coefficient (Wildman–Crippen LogP) is 2.34. The number of rotatable bonds is 2. The Hall–Kier alpha value is -0.570. The van der Waals surface area contributed by atoms with E-state index >= 15 is 0 Å². The number of nitrogens with two attached hydrogens (primary N) is 1. The van der Waals surface area contributed by atoms with Gasteiger partial charge < -0.3 is 11.1 Å². The zero-order valence-electron chi connectivity index (χ0n) is 10.8. The first-order chi connectivity index (χ1) is 8.27. The van der Waals surface area contributed by atoms with Crippen LogP contribution in [-0.2, 0) is 4.79 Å². The van der Waals surface area contributed by atoms with Crippen molar-refractivity contribution in [2.75, 3.05) is 0 Å². The monoisotopic (exact) mass is 238 g/mol. The summed E-state index contributed by atoms with van der Waals surface area (Å²) in [6, 6.07) is 0.508. The fraction of sp³-hybridized carbons (Fsp3) is 0.929. The number of amides is 1. The summed E-state index contributed by atoms with van der Waals surface area (Å²) in [5.74, 6) is 0.302. The summed E-state index contributed by atoms with van der Waals surface area (Å²) in [7, 11) is 0. The van der Waals surface area contributed by atoms with Crippen LogP contribution in [0.15, 0.2) is 0 Å². The van der Waals surface area contributed by atoms with Gasteiger partial charge in [-0.25, -0.2) is 0 Å². The highest BCUT2D eigenvalue weighted by Gasteiger charge is 2.29. The van der Waals surface area contributed by atoms with E-state index in [1.165, 1.54) is 32.1 Å². The van der Waals surface area contributed by atoms with Crippen molar-refractivity contribution in [3.8, 4) is 0 Å². The summed E-state index contributed by atoms with van der Waals surface area (Å²) in [4.78, 5) is 12.2. The molecule has 0 aromatic carbocycles. The molecule has 1 amide bonds. The molecular formula is C14H26N2O. The van der Waals surface area contributed by atoms with Gasteiger partial charge in [-0.05, 0) is 25.7 Å². The molecule has 0 aromatic heterocycles. The summed E-state index contributed by atoms with van der Waals surface area (Å²) in [6.07, 6.45) is 11.9. The lowest BCUT2D eigenvalue weighted by atomic mass is 9.84. The summed E-state index contributed by atoms with van der Waals surface area (Å²) in [5, 5.41) is 3.24. The molecule has 3 heteroatoms. The van der Waals surface area contributed by atoms with Crippen LogP contribution < -0.4 is 11.1 Å². The second kappa shape index (κ2) is 6.39. The van der Waals surface area contributed by atoms with Gasteiger partial charge in [0.25, 0.3) is 0 Å². The van der Waals surface area contributed by atoms with Crippen LogP contribution in [0.4, 0.5) is 0 Å². The van der Waals surface area contributed by atoms with Gasteiger partial charge in [-0.2, -0.15) is 0 Å². The van der Waals surface area contributed by atoms with E-state index in [9.17, 15) is 4.79 Å².